The molecule has 1 aliphatic heterocycles. The average molecular weight is 614 g/mol. The van der Waals surface area contributed by atoms with E-state index < -0.39 is 19.9 Å². The monoisotopic (exact) mass is 612 g/mol. The van der Waals surface area contributed by atoms with E-state index in [2.05, 4.69) is 16.6 Å². The summed E-state index contributed by atoms with van der Waals surface area (Å²) >= 11 is 1.51. The number of sulfone groups is 1. The molecule has 1 N–H and O–H groups in total. The van der Waals surface area contributed by atoms with Crippen LogP contribution in [0.25, 0.3) is 0 Å². The first-order chi connectivity index (χ1) is 17.3. The van der Waals surface area contributed by atoms with Gasteiger partial charge in [0.25, 0.3) is 0 Å². The second-order valence-electron chi connectivity index (χ2n) is 8.85. The van der Waals surface area contributed by atoms with Crippen LogP contribution in [0, 0.1) is 6.92 Å². The summed E-state index contributed by atoms with van der Waals surface area (Å²) in [5.74, 6) is 2.28. The lowest BCUT2D eigenvalue weighted by Crippen LogP contribution is -2.31. The maximum atomic E-state index is 12.2. The van der Waals surface area contributed by atoms with Crippen molar-refractivity contribution in [3.63, 3.8) is 0 Å². The first kappa shape index (κ1) is 30.2. The number of nitrogens with zero attached hydrogens (tertiary/aromatic N) is 3. The van der Waals surface area contributed by atoms with Crippen LogP contribution < -0.4 is 10.1 Å². The number of anilines is 2. The Kier molecular flexibility index (Phi) is 10.0. The third-order valence-corrected chi connectivity index (χ3v) is 13.1. The first-order valence-electron chi connectivity index (χ1n) is 11.6. The van der Waals surface area contributed by atoms with Gasteiger partial charge in [-0.15, -0.1) is 36.2 Å². The number of thiazole rings is 1. The molecule has 0 saturated carbocycles. The Hall–Kier alpha value is -2.37. The molecule has 4 heterocycles. The minimum Gasteiger partial charge on any atom is -0.453 e. The molecule has 4 aromatic rings. The minimum atomic E-state index is -2.99. The van der Waals surface area contributed by atoms with Gasteiger partial charge >= 0.3 is 0 Å². The van der Waals surface area contributed by atoms with E-state index in [4.69, 9.17) is 14.7 Å². The molecule has 1 aromatic carbocycles. The summed E-state index contributed by atoms with van der Waals surface area (Å²) in [6.07, 6.45) is 7.12. The molecule has 0 bridgehead atoms. The zero-order chi connectivity index (χ0) is 25.2. The van der Waals surface area contributed by atoms with Crippen LogP contribution in [0.4, 0.5) is 10.9 Å². The third kappa shape index (κ3) is 6.60. The molecule has 0 spiro atoms. The van der Waals surface area contributed by atoms with Gasteiger partial charge in [0.15, 0.2) is 16.7 Å². The zero-order valence-electron chi connectivity index (χ0n) is 20.9. The molecule has 12 heteroatoms. The van der Waals surface area contributed by atoms with E-state index in [1.54, 1.807) is 6.20 Å². The molecule has 1 unspecified atom stereocenters. The number of rotatable bonds is 7. The number of nitrogens with one attached hydrogen (secondary N) is 1. The summed E-state index contributed by atoms with van der Waals surface area (Å²) in [5.41, 5.74) is 0.934. The lowest BCUT2D eigenvalue weighted by molar-refractivity contribution is 0.481. The van der Waals surface area contributed by atoms with E-state index >= 15 is 0 Å². The molecule has 0 aliphatic carbocycles. The number of pyridine rings is 2. The Morgan fingerprint density at radius 3 is 2.37 bits per heavy atom. The molecule has 3 aromatic heterocycles. The van der Waals surface area contributed by atoms with Gasteiger partial charge in [-0.2, -0.15) is 10.0 Å². The molecule has 5 rings (SSSR count). The van der Waals surface area contributed by atoms with Crippen molar-refractivity contribution < 1.29 is 13.2 Å². The van der Waals surface area contributed by atoms with Gasteiger partial charge in [0.2, 0.25) is 0 Å². The number of hydrogen-bond acceptors (Lipinski definition) is 8. The Bertz CT molecular complexity index is 1440. The summed E-state index contributed by atoms with van der Waals surface area (Å²) in [6.45, 7) is 1.95. The molecule has 0 radical (unpaired) electrons. The van der Waals surface area contributed by atoms with Gasteiger partial charge in [-0.05, 0) is 61.6 Å². The molecule has 1 fully saturated rings. The van der Waals surface area contributed by atoms with Crippen LogP contribution in [0.15, 0.2) is 82.3 Å². The van der Waals surface area contributed by atoms with E-state index in [1.165, 1.54) is 11.3 Å². The summed E-state index contributed by atoms with van der Waals surface area (Å²) in [6, 6.07) is 17.6. The van der Waals surface area contributed by atoms with Crippen molar-refractivity contribution in [2.24, 2.45) is 0 Å². The van der Waals surface area contributed by atoms with Crippen LogP contribution in [0.3, 0.4) is 0 Å². The van der Waals surface area contributed by atoms with Crippen molar-refractivity contribution in [1.29, 1.82) is 0 Å². The van der Waals surface area contributed by atoms with E-state index in [0.717, 1.165) is 20.7 Å². The Morgan fingerprint density at radius 1 is 1.03 bits per heavy atom. The molecule has 1 atom stereocenters. The SMILES string of the molecule is Cc1csc(Nc2ncc(S(C)(c3ccccn3)C3CCS(=O)(=O)CC3)cc2Oc2ccccc2)n1.Cl.Cl. The predicted octanol–water partition coefficient (Wildman–Crippen LogP) is 7.05. The van der Waals surface area contributed by atoms with Crippen LogP contribution in [-0.4, -0.2) is 46.4 Å². The van der Waals surface area contributed by atoms with E-state index in [0.29, 0.717) is 30.2 Å². The number of hydrogen-bond donors (Lipinski definition) is 1. The van der Waals surface area contributed by atoms with Gasteiger partial charge in [0.1, 0.15) is 15.6 Å². The molecule has 1 aliphatic rings. The van der Waals surface area contributed by atoms with Crippen molar-refractivity contribution in [3.8, 4) is 11.5 Å². The van der Waals surface area contributed by atoms with Crippen LogP contribution in [-0.2, 0) is 9.84 Å². The highest BCUT2D eigenvalue weighted by molar-refractivity contribution is 8.33. The molecule has 204 valence electrons. The molecule has 7 nitrogen and oxygen atoms in total. The van der Waals surface area contributed by atoms with Crippen LogP contribution in [0.5, 0.6) is 11.5 Å². The quantitative estimate of drug-likeness (QED) is 0.239. The van der Waals surface area contributed by atoms with Crippen molar-refractivity contribution in [1.82, 2.24) is 15.0 Å². The number of para-hydroxylation sites is 1. The van der Waals surface area contributed by atoms with Gasteiger partial charge in [0, 0.05) is 22.7 Å². The van der Waals surface area contributed by atoms with Crippen molar-refractivity contribution in [2.75, 3.05) is 23.1 Å². The Morgan fingerprint density at radius 2 is 1.74 bits per heavy atom. The normalized spacial score (nSPS) is 17.2. The minimum absolute atomic E-state index is 0. The summed E-state index contributed by atoms with van der Waals surface area (Å²) in [4.78, 5) is 15.1. The average Bonchev–Trinajstić information content (AvgIpc) is 3.30. The van der Waals surface area contributed by atoms with Gasteiger partial charge in [-0.3, -0.25) is 4.98 Å². The number of halogens is 2. The second-order valence-corrected chi connectivity index (χ2v) is 15.5. The zero-order valence-corrected chi connectivity index (χ0v) is 25.0. The highest BCUT2D eigenvalue weighted by atomic mass is 35.5. The molecule has 0 amide bonds. The van der Waals surface area contributed by atoms with E-state index in [-0.39, 0.29) is 41.6 Å². The highest BCUT2D eigenvalue weighted by Gasteiger charge is 2.38. The summed E-state index contributed by atoms with van der Waals surface area (Å²) in [5, 5.41) is 7.17. The van der Waals surface area contributed by atoms with Gasteiger partial charge in [-0.25, -0.2) is 18.4 Å². The fraction of sp³-hybridized carbons (Fsp3) is 0.269. The maximum absolute atomic E-state index is 12.2. The van der Waals surface area contributed by atoms with Crippen molar-refractivity contribution >= 4 is 67.0 Å². The predicted molar refractivity (Wildman–Crippen MR) is 161 cm³/mol. The van der Waals surface area contributed by atoms with Gasteiger partial charge in [-0.1, -0.05) is 24.3 Å². The number of aromatic nitrogens is 3. The van der Waals surface area contributed by atoms with Gasteiger partial charge in [0.05, 0.1) is 22.2 Å². The second kappa shape index (κ2) is 12.7. The van der Waals surface area contributed by atoms with Crippen molar-refractivity contribution in [3.05, 3.63) is 78.1 Å². The van der Waals surface area contributed by atoms with E-state index in [9.17, 15) is 8.42 Å². The molecular weight excluding hydrogens is 583 g/mol. The molecule has 38 heavy (non-hydrogen) atoms. The molecular formula is C26H30Cl2N4O3S3. The standard InChI is InChI=1S/C26H28N4O3S3.2ClH/c1-19-18-34-26(29-19)30-25-23(33-20-8-4-3-5-9-20)16-22(17-28-25)35(2,24-10-6-7-13-27-24)21-11-14-36(31,32)15-12-21;;/h3-10,13,16-18,21H,11-12,14-15H2,1-2H3,(H,28,29,30);2*1H. The fourth-order valence-electron chi connectivity index (χ4n) is 4.38. The van der Waals surface area contributed by atoms with Crippen molar-refractivity contribution in [2.45, 2.75) is 34.9 Å². The van der Waals surface area contributed by atoms with Crippen LogP contribution >= 0.6 is 46.2 Å². The van der Waals surface area contributed by atoms with Crippen LogP contribution in [0.2, 0.25) is 0 Å². The largest absolute Gasteiger partial charge is 0.453 e. The lowest BCUT2D eigenvalue weighted by atomic mass is 10.2. The summed E-state index contributed by atoms with van der Waals surface area (Å²) < 4.78 is 30.8. The number of benzene rings is 1. The smallest absolute Gasteiger partial charge is 0.188 e. The highest BCUT2D eigenvalue weighted by Crippen LogP contribution is 2.65. The Balaban J connectivity index is 0.00000200. The first-order valence-corrected chi connectivity index (χ1v) is 16.4. The molecule has 1 saturated heterocycles. The fourth-order valence-corrected chi connectivity index (χ4v) is 10.3. The topological polar surface area (TPSA) is 94.1 Å². The maximum Gasteiger partial charge on any atom is 0.188 e. The number of aryl methyl sites for hydroxylation is 1. The number of ether oxygens (including phenoxy) is 1. The van der Waals surface area contributed by atoms with Gasteiger partial charge < -0.3 is 10.1 Å². The van der Waals surface area contributed by atoms with Crippen LogP contribution in [0.1, 0.15) is 18.5 Å². The third-order valence-electron chi connectivity index (χ3n) is 6.37. The summed E-state index contributed by atoms with van der Waals surface area (Å²) in [7, 11) is -4.70. The lowest BCUT2D eigenvalue weighted by Gasteiger charge is -2.44. The van der Waals surface area contributed by atoms with E-state index in [1.807, 2.05) is 73.1 Å². The Labute approximate surface area is 241 Å².